The minimum absolute atomic E-state index is 0.0245. The molecule has 1 N–H and O–H groups in total. The first kappa shape index (κ1) is 22.5. The van der Waals surface area contributed by atoms with Gasteiger partial charge in [-0.1, -0.05) is 43.2 Å². The molecule has 1 saturated heterocycles. The number of nitriles is 1. The third kappa shape index (κ3) is 4.71. The maximum absolute atomic E-state index is 8.93. The first-order chi connectivity index (χ1) is 16.2. The highest BCUT2D eigenvalue weighted by Gasteiger charge is 2.48. The van der Waals surface area contributed by atoms with Crippen LogP contribution >= 0.6 is 0 Å². The molecule has 0 bridgehead atoms. The Morgan fingerprint density at radius 2 is 1.88 bits per heavy atom. The van der Waals surface area contributed by atoms with E-state index in [0.29, 0.717) is 6.04 Å². The summed E-state index contributed by atoms with van der Waals surface area (Å²) in [6, 6.07) is 17.4. The molecule has 1 spiro atoms. The third-order valence-electron chi connectivity index (χ3n) is 8.15. The largest absolute Gasteiger partial charge is 0.375 e. The van der Waals surface area contributed by atoms with E-state index in [1.54, 1.807) is 0 Å². The Hall–Kier alpha value is -2.26. The smallest absolute Gasteiger partial charge is 0.134 e. The average molecular weight is 446 g/mol. The van der Waals surface area contributed by atoms with E-state index in [-0.39, 0.29) is 23.7 Å². The lowest BCUT2D eigenvalue weighted by atomic mass is 9.68. The fraction of sp³-hybridized carbons (Fsp3) is 0.571. The molecule has 0 amide bonds. The Bertz CT molecular complexity index is 967. The second kappa shape index (κ2) is 9.93. The maximum Gasteiger partial charge on any atom is 0.134 e. The Morgan fingerprint density at radius 3 is 2.67 bits per heavy atom. The van der Waals surface area contributed by atoms with Crippen LogP contribution in [0.25, 0.3) is 0 Å². The topological polar surface area (TPSA) is 67.2 Å². The summed E-state index contributed by atoms with van der Waals surface area (Å²) >= 11 is 0. The van der Waals surface area contributed by atoms with Crippen molar-refractivity contribution in [2.75, 3.05) is 19.8 Å². The lowest BCUT2D eigenvalue weighted by Crippen LogP contribution is -2.47. The number of fused-ring (bicyclic) bond motifs is 1. The van der Waals surface area contributed by atoms with Crippen molar-refractivity contribution < 1.29 is 9.47 Å². The van der Waals surface area contributed by atoms with Gasteiger partial charge in [-0.15, -0.1) is 0 Å². The van der Waals surface area contributed by atoms with Crippen molar-refractivity contribution in [2.45, 2.75) is 80.9 Å². The maximum atomic E-state index is 8.93. The van der Waals surface area contributed by atoms with Crippen molar-refractivity contribution in [3.8, 4) is 6.07 Å². The molecule has 3 atom stereocenters. The van der Waals surface area contributed by atoms with Gasteiger partial charge in [-0.3, -0.25) is 4.98 Å². The number of hydrogen-bond donors (Lipinski definition) is 1. The van der Waals surface area contributed by atoms with Crippen molar-refractivity contribution in [2.24, 2.45) is 0 Å². The number of benzene rings is 1. The monoisotopic (exact) mass is 445 g/mol. The summed E-state index contributed by atoms with van der Waals surface area (Å²) in [6.45, 7) is 1.93. The van der Waals surface area contributed by atoms with Crippen molar-refractivity contribution in [1.29, 1.82) is 5.26 Å². The molecule has 5 nitrogen and oxygen atoms in total. The Morgan fingerprint density at radius 1 is 1.06 bits per heavy atom. The van der Waals surface area contributed by atoms with Gasteiger partial charge in [0, 0.05) is 30.0 Å². The summed E-state index contributed by atoms with van der Waals surface area (Å²) in [5.74, 6) is 0. The second-order valence-corrected chi connectivity index (χ2v) is 10.1. The fourth-order valence-corrected chi connectivity index (χ4v) is 6.56. The zero-order valence-corrected chi connectivity index (χ0v) is 19.5. The Balaban J connectivity index is 1.31. The van der Waals surface area contributed by atoms with Crippen LogP contribution in [0, 0.1) is 11.3 Å². The number of rotatable bonds is 7. The standard InChI is InChI=1S/C28H35N3O2/c29-16-20-32-25-11-10-24(22-7-1-2-8-23(22)25)30-18-14-27(26-9-3-6-17-31-26)15-19-33-28(21-27)12-4-5-13-28/h1-3,6-9,17,24-25,30H,4-5,10-15,18-21H2/t24?,25-,27+/m0/s1. The summed E-state index contributed by atoms with van der Waals surface area (Å²) in [5, 5.41) is 12.8. The number of aromatic nitrogens is 1. The van der Waals surface area contributed by atoms with Gasteiger partial charge in [-0.25, -0.2) is 0 Å². The Kier molecular flexibility index (Phi) is 6.78. The van der Waals surface area contributed by atoms with Crippen LogP contribution in [-0.4, -0.2) is 30.3 Å². The second-order valence-electron chi connectivity index (χ2n) is 10.1. The normalized spacial score (nSPS) is 28.3. The molecule has 5 rings (SSSR count). The number of nitrogens with one attached hydrogen (secondary N) is 1. The van der Waals surface area contributed by atoms with E-state index in [2.05, 4.69) is 47.8 Å². The molecule has 2 aliphatic carbocycles. The molecular formula is C28H35N3O2. The summed E-state index contributed by atoms with van der Waals surface area (Å²) in [4.78, 5) is 4.84. The Labute approximate surface area is 197 Å². The van der Waals surface area contributed by atoms with Gasteiger partial charge in [0.25, 0.3) is 0 Å². The van der Waals surface area contributed by atoms with Gasteiger partial charge in [0.15, 0.2) is 0 Å². The molecule has 1 unspecified atom stereocenters. The molecule has 2 heterocycles. The predicted molar refractivity (Wildman–Crippen MR) is 128 cm³/mol. The lowest BCUT2D eigenvalue weighted by molar-refractivity contribution is -0.104. The summed E-state index contributed by atoms with van der Waals surface area (Å²) < 4.78 is 12.2. The molecule has 0 radical (unpaired) electrons. The van der Waals surface area contributed by atoms with Gasteiger partial charge >= 0.3 is 0 Å². The highest BCUT2D eigenvalue weighted by Crippen LogP contribution is 2.49. The molecule has 2 fully saturated rings. The molecule has 3 aliphatic rings. The van der Waals surface area contributed by atoms with Crippen LogP contribution in [0.5, 0.6) is 0 Å². The molecule has 2 aromatic rings. The van der Waals surface area contributed by atoms with Crippen LogP contribution in [0.1, 0.15) is 86.8 Å². The van der Waals surface area contributed by atoms with Crippen LogP contribution in [0.3, 0.4) is 0 Å². The molecule has 33 heavy (non-hydrogen) atoms. The third-order valence-corrected chi connectivity index (χ3v) is 8.15. The van der Waals surface area contributed by atoms with Gasteiger partial charge in [0.2, 0.25) is 0 Å². The van der Waals surface area contributed by atoms with Crippen molar-refractivity contribution in [3.05, 3.63) is 65.5 Å². The summed E-state index contributed by atoms with van der Waals surface area (Å²) in [5.41, 5.74) is 3.90. The average Bonchev–Trinajstić information content (AvgIpc) is 3.31. The first-order valence-corrected chi connectivity index (χ1v) is 12.6. The molecule has 1 saturated carbocycles. The van der Waals surface area contributed by atoms with E-state index in [4.69, 9.17) is 19.7 Å². The van der Waals surface area contributed by atoms with Crippen molar-refractivity contribution in [3.63, 3.8) is 0 Å². The van der Waals surface area contributed by atoms with E-state index in [1.807, 2.05) is 12.3 Å². The van der Waals surface area contributed by atoms with E-state index in [1.165, 1.54) is 42.5 Å². The minimum atomic E-state index is 0.0245. The summed E-state index contributed by atoms with van der Waals surface area (Å²) in [6.07, 6.45) is 12.1. The number of hydrogen-bond acceptors (Lipinski definition) is 5. The van der Waals surface area contributed by atoms with Crippen LogP contribution in [-0.2, 0) is 14.9 Å². The molecule has 174 valence electrons. The summed E-state index contributed by atoms with van der Waals surface area (Å²) in [7, 11) is 0. The van der Waals surface area contributed by atoms with E-state index >= 15 is 0 Å². The van der Waals surface area contributed by atoms with Gasteiger partial charge in [-0.05, 0) is 74.8 Å². The van der Waals surface area contributed by atoms with E-state index in [0.717, 1.165) is 45.3 Å². The highest BCUT2D eigenvalue weighted by atomic mass is 16.5. The van der Waals surface area contributed by atoms with E-state index in [9.17, 15) is 0 Å². The highest BCUT2D eigenvalue weighted by molar-refractivity contribution is 5.34. The van der Waals surface area contributed by atoms with Crippen molar-refractivity contribution in [1.82, 2.24) is 10.3 Å². The zero-order chi connectivity index (χ0) is 22.6. The molecule has 1 aliphatic heterocycles. The molecule has 1 aromatic heterocycles. The number of ether oxygens (including phenoxy) is 2. The van der Waals surface area contributed by atoms with Crippen LogP contribution in [0.4, 0.5) is 0 Å². The van der Waals surface area contributed by atoms with Crippen molar-refractivity contribution >= 4 is 0 Å². The van der Waals surface area contributed by atoms with Gasteiger partial charge in [-0.2, -0.15) is 5.26 Å². The van der Waals surface area contributed by atoms with Gasteiger partial charge < -0.3 is 14.8 Å². The van der Waals surface area contributed by atoms with E-state index < -0.39 is 0 Å². The number of nitrogens with zero attached hydrogens (tertiary/aromatic N) is 2. The van der Waals surface area contributed by atoms with Crippen LogP contribution in [0.15, 0.2) is 48.7 Å². The van der Waals surface area contributed by atoms with Crippen LogP contribution in [0.2, 0.25) is 0 Å². The molecular weight excluding hydrogens is 410 g/mol. The SMILES string of the molecule is N#CCO[C@H]1CCC(NCC[C@@]2(c3ccccn3)CCOC3(CCCC3)C2)c2ccccc21. The quantitative estimate of drug-likeness (QED) is 0.606. The minimum Gasteiger partial charge on any atom is -0.375 e. The fourth-order valence-electron chi connectivity index (χ4n) is 6.56. The van der Waals surface area contributed by atoms with Gasteiger partial charge in [0.05, 0.1) is 17.8 Å². The van der Waals surface area contributed by atoms with Crippen LogP contribution < -0.4 is 5.32 Å². The molecule has 1 aromatic carbocycles. The first-order valence-electron chi connectivity index (χ1n) is 12.6. The zero-order valence-electron chi connectivity index (χ0n) is 19.5. The molecule has 5 heteroatoms. The number of pyridine rings is 1. The predicted octanol–water partition coefficient (Wildman–Crippen LogP) is 5.54. The lowest BCUT2D eigenvalue weighted by Gasteiger charge is -2.46. The van der Waals surface area contributed by atoms with Gasteiger partial charge in [0.1, 0.15) is 6.61 Å².